The average Bonchev–Trinajstić information content (AvgIpc) is 3.20. The number of ether oxygens (including phenoxy) is 2. The Morgan fingerprint density at radius 3 is 3.00 bits per heavy atom. The van der Waals surface area contributed by atoms with Crippen LogP contribution in [0.25, 0.3) is 0 Å². The van der Waals surface area contributed by atoms with E-state index in [-0.39, 0.29) is 30.2 Å². The van der Waals surface area contributed by atoms with Gasteiger partial charge in [-0.1, -0.05) is 12.1 Å². The normalized spacial score (nSPS) is 15.6. The molecule has 1 aromatic carbocycles. The number of aryl methyl sites for hydroxylation is 1. The van der Waals surface area contributed by atoms with E-state index in [2.05, 4.69) is 4.98 Å². The number of benzene rings is 1. The van der Waals surface area contributed by atoms with E-state index >= 15 is 0 Å². The summed E-state index contributed by atoms with van der Waals surface area (Å²) in [7, 11) is 0.367. The summed E-state index contributed by atoms with van der Waals surface area (Å²) >= 11 is 0. The number of rotatable bonds is 9. The Hall–Kier alpha value is -2.65. The number of aromatic nitrogens is 2. The molecule has 0 saturated carbocycles. The van der Waals surface area contributed by atoms with Crippen LogP contribution in [0, 0.1) is 0 Å². The lowest BCUT2D eigenvalue weighted by Crippen LogP contribution is -2.36. The van der Waals surface area contributed by atoms with Crippen LogP contribution < -0.4 is 4.65 Å². The van der Waals surface area contributed by atoms with Crippen molar-refractivity contribution in [2.75, 3.05) is 20.3 Å². The van der Waals surface area contributed by atoms with Gasteiger partial charge in [-0.2, -0.15) is 0 Å². The van der Waals surface area contributed by atoms with E-state index < -0.39 is 13.1 Å². The Balaban J connectivity index is 1.61. The zero-order valence-corrected chi connectivity index (χ0v) is 15.7. The number of nitrogens with zero attached hydrogens (tertiary/aromatic N) is 2. The molecule has 1 aromatic heterocycles. The third kappa shape index (κ3) is 4.99. The van der Waals surface area contributed by atoms with Crippen molar-refractivity contribution in [3.05, 3.63) is 48.0 Å². The number of hydrogen-bond donors (Lipinski definition) is 1. The van der Waals surface area contributed by atoms with Gasteiger partial charge in [-0.25, -0.2) is 9.78 Å². The Bertz CT molecular complexity index is 811. The average molecular weight is 386 g/mol. The van der Waals surface area contributed by atoms with Gasteiger partial charge in [0.1, 0.15) is 23.7 Å². The molecule has 28 heavy (non-hydrogen) atoms. The summed E-state index contributed by atoms with van der Waals surface area (Å²) in [5, 5.41) is 10.4. The fraction of sp³-hybridized carbons (Fsp3) is 0.421. The van der Waals surface area contributed by atoms with E-state index in [1.165, 1.54) is 7.11 Å². The molecule has 0 unspecified atom stereocenters. The van der Waals surface area contributed by atoms with E-state index in [4.69, 9.17) is 14.1 Å². The predicted octanol–water partition coefficient (Wildman–Crippen LogP) is 1.52. The topological polar surface area (TPSA) is 99.9 Å². The van der Waals surface area contributed by atoms with Crippen molar-refractivity contribution in [1.82, 2.24) is 9.55 Å². The standard InChI is InChI=1S/C19H23BN2O6/c1-26-9-10-27-19(24)17-4-2-3-14-11-15(20(25)28-18(14)17)12-16(23)5-7-22-8-6-21-13-22/h2-4,6,8,13,15,25H,5,7,9-12H2,1H3/t15-/m1/s1. The molecule has 1 atom stereocenters. The summed E-state index contributed by atoms with van der Waals surface area (Å²) < 4.78 is 17.5. The van der Waals surface area contributed by atoms with Crippen LogP contribution in [0.2, 0.25) is 5.82 Å². The Morgan fingerprint density at radius 1 is 1.39 bits per heavy atom. The van der Waals surface area contributed by atoms with Gasteiger partial charge in [-0.15, -0.1) is 0 Å². The van der Waals surface area contributed by atoms with Gasteiger partial charge in [0.25, 0.3) is 0 Å². The highest BCUT2D eigenvalue weighted by Gasteiger charge is 2.37. The van der Waals surface area contributed by atoms with Crippen molar-refractivity contribution in [1.29, 1.82) is 0 Å². The lowest BCUT2D eigenvalue weighted by molar-refractivity contribution is -0.119. The minimum Gasteiger partial charge on any atom is -0.535 e. The third-order valence-electron chi connectivity index (χ3n) is 4.66. The second-order valence-electron chi connectivity index (χ2n) is 6.69. The minimum atomic E-state index is -1.15. The second-order valence-corrected chi connectivity index (χ2v) is 6.69. The summed E-state index contributed by atoms with van der Waals surface area (Å²) in [4.78, 5) is 28.5. The molecule has 1 aliphatic rings. The van der Waals surface area contributed by atoms with Crippen molar-refractivity contribution in [3.8, 4) is 5.75 Å². The van der Waals surface area contributed by atoms with Gasteiger partial charge in [0.15, 0.2) is 0 Å². The maximum Gasteiger partial charge on any atom is 0.526 e. The van der Waals surface area contributed by atoms with Gasteiger partial charge >= 0.3 is 13.1 Å². The maximum atomic E-state index is 12.3. The molecule has 148 valence electrons. The number of hydrogen-bond acceptors (Lipinski definition) is 7. The molecule has 0 spiro atoms. The molecule has 0 fully saturated rings. The summed E-state index contributed by atoms with van der Waals surface area (Å²) in [6, 6.07) is 5.16. The third-order valence-corrected chi connectivity index (χ3v) is 4.66. The monoisotopic (exact) mass is 386 g/mol. The molecular weight excluding hydrogens is 363 g/mol. The number of esters is 1. The van der Waals surface area contributed by atoms with E-state index in [9.17, 15) is 14.6 Å². The van der Waals surface area contributed by atoms with E-state index in [1.54, 1.807) is 30.9 Å². The number of para-hydroxylation sites is 1. The van der Waals surface area contributed by atoms with Gasteiger partial charge in [-0.05, 0) is 18.1 Å². The molecular formula is C19H23BN2O6. The lowest BCUT2D eigenvalue weighted by Gasteiger charge is -2.28. The SMILES string of the molecule is COCCOC(=O)c1cccc2c1OB(O)[C@@H](CC(=O)CCn1ccnc1)C2. The van der Waals surface area contributed by atoms with Gasteiger partial charge in [0, 0.05) is 44.7 Å². The van der Waals surface area contributed by atoms with Crippen LogP contribution in [0.3, 0.4) is 0 Å². The Morgan fingerprint density at radius 2 is 2.25 bits per heavy atom. The minimum absolute atomic E-state index is 0.0416. The molecule has 0 radical (unpaired) electrons. The summed E-state index contributed by atoms with van der Waals surface area (Å²) in [6.45, 7) is 0.986. The van der Waals surface area contributed by atoms with Gasteiger partial charge < -0.3 is 23.7 Å². The highest BCUT2D eigenvalue weighted by molar-refractivity contribution is 6.47. The molecule has 9 heteroatoms. The highest BCUT2D eigenvalue weighted by atomic mass is 16.6. The number of carbonyl (C=O) groups excluding carboxylic acids is 2. The first-order valence-corrected chi connectivity index (χ1v) is 9.18. The van der Waals surface area contributed by atoms with Crippen LogP contribution in [-0.4, -0.2) is 53.8 Å². The molecule has 0 saturated heterocycles. The van der Waals surface area contributed by atoms with Crippen LogP contribution in [0.1, 0.15) is 28.8 Å². The fourth-order valence-electron chi connectivity index (χ4n) is 3.18. The van der Waals surface area contributed by atoms with E-state index in [0.29, 0.717) is 31.7 Å². The van der Waals surface area contributed by atoms with E-state index in [1.807, 2.05) is 10.6 Å². The number of imidazole rings is 1. The Kier molecular flexibility index (Phi) is 6.83. The first kappa shape index (κ1) is 20.1. The maximum absolute atomic E-state index is 12.3. The Labute approximate surface area is 163 Å². The van der Waals surface area contributed by atoms with Gasteiger partial charge in [0.05, 0.1) is 12.9 Å². The second kappa shape index (κ2) is 9.52. The molecule has 2 aromatic rings. The smallest absolute Gasteiger partial charge is 0.526 e. The van der Waals surface area contributed by atoms with Crippen molar-refractivity contribution in [2.45, 2.75) is 31.6 Å². The van der Waals surface area contributed by atoms with Crippen LogP contribution in [0.15, 0.2) is 36.9 Å². The van der Waals surface area contributed by atoms with Gasteiger partial charge in [0.2, 0.25) is 0 Å². The zero-order chi connectivity index (χ0) is 19.9. The lowest BCUT2D eigenvalue weighted by atomic mass is 9.64. The number of carbonyl (C=O) groups is 2. The fourth-order valence-corrected chi connectivity index (χ4v) is 3.18. The quantitative estimate of drug-likeness (QED) is 0.396. The van der Waals surface area contributed by atoms with Crippen molar-refractivity contribution < 1.29 is 28.7 Å². The van der Waals surface area contributed by atoms with E-state index in [0.717, 1.165) is 5.56 Å². The number of ketones is 1. The van der Waals surface area contributed by atoms with Crippen LogP contribution in [-0.2, 0) is 27.2 Å². The van der Waals surface area contributed by atoms with Crippen molar-refractivity contribution in [2.24, 2.45) is 0 Å². The van der Waals surface area contributed by atoms with Gasteiger partial charge in [-0.3, -0.25) is 4.79 Å². The first-order valence-electron chi connectivity index (χ1n) is 9.18. The molecule has 8 nitrogen and oxygen atoms in total. The first-order chi connectivity index (χ1) is 13.6. The predicted molar refractivity (Wildman–Crippen MR) is 101 cm³/mol. The van der Waals surface area contributed by atoms with Crippen molar-refractivity contribution >= 4 is 18.9 Å². The summed E-state index contributed by atoms with van der Waals surface area (Å²) in [5.41, 5.74) is 1.04. The number of methoxy groups -OCH3 is 1. The summed E-state index contributed by atoms with van der Waals surface area (Å²) in [5.74, 6) is -0.530. The molecule has 1 N–H and O–H groups in total. The van der Waals surface area contributed by atoms with Crippen LogP contribution in [0.5, 0.6) is 5.75 Å². The molecule has 1 aliphatic heterocycles. The van der Waals surface area contributed by atoms with Crippen LogP contribution in [0.4, 0.5) is 0 Å². The highest BCUT2D eigenvalue weighted by Crippen LogP contribution is 2.36. The van der Waals surface area contributed by atoms with Crippen LogP contribution >= 0.6 is 0 Å². The molecule has 2 heterocycles. The zero-order valence-electron chi connectivity index (χ0n) is 15.7. The number of Topliss-reactive ketones (excluding diaryl/α,β-unsaturated/α-hetero) is 1. The van der Waals surface area contributed by atoms with Crippen molar-refractivity contribution in [3.63, 3.8) is 0 Å². The number of fused-ring (bicyclic) bond motifs is 1. The molecule has 0 bridgehead atoms. The molecule has 0 aliphatic carbocycles. The largest absolute Gasteiger partial charge is 0.535 e. The summed E-state index contributed by atoms with van der Waals surface area (Å²) in [6.07, 6.45) is 6.14. The molecule has 0 amide bonds. The molecule has 3 rings (SSSR count).